The van der Waals surface area contributed by atoms with Crippen LogP contribution in [-0.2, 0) is 0 Å². The lowest BCUT2D eigenvalue weighted by Gasteiger charge is -2.13. The lowest BCUT2D eigenvalue weighted by Crippen LogP contribution is -2.17. The van der Waals surface area contributed by atoms with Crippen LogP contribution in [0.1, 0.15) is 13.3 Å². The largest absolute Gasteiger partial charge is 0.374 e. The summed E-state index contributed by atoms with van der Waals surface area (Å²) in [5.74, 6) is -0.573. The van der Waals surface area contributed by atoms with Gasteiger partial charge in [-0.3, -0.25) is 10.1 Å². The van der Waals surface area contributed by atoms with Crippen molar-refractivity contribution >= 4 is 27.8 Å². The highest BCUT2D eigenvalue weighted by atomic mass is 19.1. The normalized spacial score (nSPS) is 12.3. The van der Waals surface area contributed by atoms with Crippen LogP contribution >= 0.6 is 0 Å². The van der Waals surface area contributed by atoms with Gasteiger partial charge in [-0.05, 0) is 36.8 Å². The Morgan fingerprint density at radius 1 is 1.03 bits per heavy atom. The minimum absolute atomic E-state index is 0.246. The van der Waals surface area contributed by atoms with Crippen LogP contribution in [0.3, 0.4) is 0 Å². The van der Waals surface area contributed by atoms with Gasteiger partial charge in [0.2, 0.25) is 0 Å². The molecule has 6 rings (SSSR count). The quantitative estimate of drug-likeness (QED) is 0.221. The van der Waals surface area contributed by atoms with E-state index in [1.807, 2.05) is 6.92 Å². The summed E-state index contributed by atoms with van der Waals surface area (Å²) in [6.07, 6.45) is 4.45. The van der Waals surface area contributed by atoms with E-state index in [2.05, 4.69) is 35.5 Å². The molecule has 4 N–H and O–H groups in total. The molecule has 10 heteroatoms. The minimum Gasteiger partial charge on any atom is -0.374 e. The summed E-state index contributed by atoms with van der Waals surface area (Å²) in [6, 6.07) is 13.2. The molecule has 0 radical (unpaired) electrons. The lowest BCUT2D eigenvalue weighted by atomic mass is 10.0. The Morgan fingerprint density at radius 2 is 1.89 bits per heavy atom. The fraction of sp³-hybridized carbons (Fsp3) is 0.111. The Bertz CT molecular complexity index is 1760. The summed E-state index contributed by atoms with van der Waals surface area (Å²) >= 11 is 0. The first kappa shape index (κ1) is 22.7. The Morgan fingerprint density at radius 3 is 2.73 bits per heavy atom. The van der Waals surface area contributed by atoms with Crippen LogP contribution in [0.25, 0.3) is 55.8 Å². The number of nitrogens with zero attached hydrogens (tertiary/aromatic N) is 4. The number of pyridine rings is 2. The molecule has 0 bridgehead atoms. The zero-order valence-electron chi connectivity index (χ0n) is 19.6. The van der Waals surface area contributed by atoms with E-state index >= 15 is 4.39 Å². The van der Waals surface area contributed by atoms with Gasteiger partial charge in [0.25, 0.3) is 0 Å². The van der Waals surface area contributed by atoms with E-state index in [-0.39, 0.29) is 16.9 Å². The van der Waals surface area contributed by atoms with Crippen LogP contribution in [-0.4, -0.2) is 41.5 Å². The number of aromatic nitrogens is 6. The van der Waals surface area contributed by atoms with Gasteiger partial charge in [0, 0.05) is 34.6 Å². The molecule has 0 fully saturated rings. The van der Waals surface area contributed by atoms with Crippen molar-refractivity contribution in [3.05, 3.63) is 78.8 Å². The third kappa shape index (κ3) is 3.97. The maximum Gasteiger partial charge on any atom is 0.178 e. The minimum atomic E-state index is -0.735. The van der Waals surface area contributed by atoms with Gasteiger partial charge < -0.3 is 15.4 Å². The van der Waals surface area contributed by atoms with E-state index in [9.17, 15) is 9.50 Å². The van der Waals surface area contributed by atoms with Crippen LogP contribution in [0.5, 0.6) is 0 Å². The summed E-state index contributed by atoms with van der Waals surface area (Å²) in [7, 11) is 0. The highest BCUT2D eigenvalue weighted by Crippen LogP contribution is 2.35. The number of rotatable bonds is 6. The molecule has 0 aliphatic carbocycles. The molecule has 1 atom stereocenters. The number of hydrogen-bond acceptors (Lipinski definition) is 6. The average molecular weight is 498 g/mol. The highest BCUT2D eigenvalue weighted by Gasteiger charge is 2.21. The van der Waals surface area contributed by atoms with Crippen LogP contribution in [0.4, 0.5) is 14.5 Å². The molecule has 37 heavy (non-hydrogen) atoms. The zero-order valence-corrected chi connectivity index (χ0v) is 19.6. The van der Waals surface area contributed by atoms with E-state index in [1.165, 1.54) is 6.07 Å². The van der Waals surface area contributed by atoms with Crippen LogP contribution in [0.15, 0.2) is 67.1 Å². The number of H-pyrrole nitrogens is 2. The second-order valence-corrected chi connectivity index (χ2v) is 8.57. The summed E-state index contributed by atoms with van der Waals surface area (Å²) in [4.78, 5) is 16.2. The SMILES string of the molecule is CCC(O)Nc1cncc(-c2ccc3[nH]nc(-c4nc5nccc(-c6ccccc6F)c5[nH]4)c3c2F)c1. The number of hydrogen-bond donors (Lipinski definition) is 4. The molecule has 0 saturated carbocycles. The molecule has 4 aromatic heterocycles. The summed E-state index contributed by atoms with van der Waals surface area (Å²) in [6.45, 7) is 1.84. The van der Waals surface area contributed by atoms with Gasteiger partial charge >= 0.3 is 0 Å². The second-order valence-electron chi connectivity index (χ2n) is 8.57. The van der Waals surface area contributed by atoms with Gasteiger partial charge in [0.1, 0.15) is 23.6 Å². The van der Waals surface area contributed by atoms with Gasteiger partial charge in [-0.15, -0.1) is 0 Å². The van der Waals surface area contributed by atoms with E-state index < -0.39 is 12.0 Å². The fourth-order valence-electron chi connectivity index (χ4n) is 4.35. The van der Waals surface area contributed by atoms with Crippen molar-refractivity contribution < 1.29 is 13.9 Å². The number of imidazole rings is 1. The van der Waals surface area contributed by atoms with Crippen molar-refractivity contribution in [2.45, 2.75) is 19.6 Å². The van der Waals surface area contributed by atoms with Crippen LogP contribution < -0.4 is 5.32 Å². The summed E-state index contributed by atoms with van der Waals surface area (Å²) in [5, 5.41) is 20.3. The Labute approximate surface area is 209 Å². The maximum absolute atomic E-state index is 16.0. The van der Waals surface area contributed by atoms with Crippen molar-refractivity contribution in [2.75, 3.05) is 5.32 Å². The van der Waals surface area contributed by atoms with Crippen molar-refractivity contribution in [1.82, 2.24) is 30.1 Å². The van der Waals surface area contributed by atoms with Crippen molar-refractivity contribution in [3.63, 3.8) is 0 Å². The summed E-state index contributed by atoms with van der Waals surface area (Å²) < 4.78 is 30.5. The van der Waals surface area contributed by atoms with E-state index in [0.717, 1.165) is 0 Å². The average Bonchev–Trinajstić information content (AvgIpc) is 3.54. The smallest absolute Gasteiger partial charge is 0.178 e. The molecule has 184 valence electrons. The number of anilines is 1. The topological polar surface area (TPSA) is 115 Å². The van der Waals surface area contributed by atoms with Crippen molar-refractivity contribution in [3.8, 4) is 33.8 Å². The summed E-state index contributed by atoms with van der Waals surface area (Å²) in [5.41, 5.74) is 4.06. The number of halogens is 2. The lowest BCUT2D eigenvalue weighted by molar-refractivity contribution is 0.199. The molecule has 8 nitrogen and oxygen atoms in total. The fourth-order valence-corrected chi connectivity index (χ4v) is 4.35. The highest BCUT2D eigenvalue weighted by molar-refractivity contribution is 5.98. The Hall–Kier alpha value is -4.70. The number of benzene rings is 2. The van der Waals surface area contributed by atoms with Gasteiger partial charge in [-0.2, -0.15) is 5.10 Å². The first-order valence-corrected chi connectivity index (χ1v) is 11.7. The van der Waals surface area contributed by atoms with E-state index in [0.29, 0.717) is 56.9 Å². The third-order valence-electron chi connectivity index (χ3n) is 6.22. The first-order chi connectivity index (χ1) is 18.0. The predicted molar refractivity (Wildman–Crippen MR) is 137 cm³/mol. The first-order valence-electron chi connectivity index (χ1n) is 11.7. The molecular formula is C27H21F2N7O. The monoisotopic (exact) mass is 497 g/mol. The molecule has 2 aromatic carbocycles. The molecular weight excluding hydrogens is 476 g/mol. The van der Waals surface area contributed by atoms with Crippen LogP contribution in [0, 0.1) is 11.6 Å². The van der Waals surface area contributed by atoms with E-state index in [1.54, 1.807) is 61.1 Å². The van der Waals surface area contributed by atoms with Crippen LogP contribution in [0.2, 0.25) is 0 Å². The predicted octanol–water partition coefficient (Wildman–Crippen LogP) is 5.65. The molecule has 0 spiro atoms. The van der Waals surface area contributed by atoms with Crippen molar-refractivity contribution in [2.24, 2.45) is 0 Å². The number of fused-ring (bicyclic) bond motifs is 2. The molecule has 0 amide bonds. The van der Waals surface area contributed by atoms with Crippen molar-refractivity contribution in [1.29, 1.82) is 0 Å². The second kappa shape index (κ2) is 9.07. The zero-order chi connectivity index (χ0) is 25.5. The maximum atomic E-state index is 16.0. The van der Waals surface area contributed by atoms with E-state index in [4.69, 9.17) is 0 Å². The molecule has 1 unspecified atom stereocenters. The molecule has 4 heterocycles. The number of aliphatic hydroxyl groups is 1. The standard InChI is InChI=1S/C27H21F2N7O/c1-2-21(37)32-15-11-14(12-30-13-15)16-7-8-20-22(23(16)29)25(36-35-20)27-33-24-18(9-10-31-26(24)34-27)17-5-3-4-6-19(17)28/h3-13,21,32,37H,2H2,1H3,(H,35,36)(H,31,33,34). The molecule has 0 aliphatic heterocycles. The third-order valence-corrected chi connectivity index (χ3v) is 6.22. The molecule has 0 aliphatic rings. The van der Waals surface area contributed by atoms with Gasteiger partial charge in [0.15, 0.2) is 11.5 Å². The molecule has 0 saturated heterocycles. The number of nitrogens with one attached hydrogen (secondary N) is 3. The number of aliphatic hydroxyl groups excluding tert-OH is 1. The Kier molecular flexibility index (Phi) is 5.57. The molecule has 6 aromatic rings. The Balaban J connectivity index is 1.47. The van der Waals surface area contributed by atoms with Gasteiger partial charge in [-0.25, -0.2) is 18.7 Å². The van der Waals surface area contributed by atoms with Gasteiger partial charge in [0.05, 0.1) is 28.3 Å². The van der Waals surface area contributed by atoms with Gasteiger partial charge in [-0.1, -0.05) is 25.1 Å². The number of aromatic amines is 2.